The van der Waals surface area contributed by atoms with Gasteiger partial charge in [0.25, 0.3) is 0 Å². The first-order valence-corrected chi connectivity index (χ1v) is 4.42. The number of hydrogen-bond donors (Lipinski definition) is 0. The lowest BCUT2D eigenvalue weighted by Gasteiger charge is -2.12. The maximum atomic E-state index is 12.1. The molecule has 1 aromatic carbocycles. The fourth-order valence-electron chi connectivity index (χ4n) is 1.08. The summed E-state index contributed by atoms with van der Waals surface area (Å²) in [6.45, 7) is 1.16. The van der Waals surface area contributed by atoms with E-state index in [-0.39, 0.29) is 5.56 Å². The number of alkyl halides is 3. The molecule has 0 aliphatic heterocycles. The van der Waals surface area contributed by atoms with E-state index >= 15 is 0 Å². The molecular weight excluding hydrogens is 221 g/mol. The minimum atomic E-state index is -4.81. The molecule has 0 saturated heterocycles. The zero-order chi connectivity index (χ0) is 12.2. The van der Waals surface area contributed by atoms with Crippen LogP contribution in [0, 0.1) is 0 Å². The van der Waals surface area contributed by atoms with Crippen LogP contribution in [0.25, 0.3) is 5.76 Å². The van der Waals surface area contributed by atoms with Crippen LogP contribution in [0.3, 0.4) is 0 Å². The first-order chi connectivity index (χ1) is 7.38. The van der Waals surface area contributed by atoms with Crippen LogP contribution in [0.15, 0.2) is 36.4 Å². The van der Waals surface area contributed by atoms with Gasteiger partial charge in [-0.25, -0.2) is 0 Å². The monoisotopic (exact) mass is 230 g/mol. The first-order valence-electron chi connectivity index (χ1n) is 4.42. The third-order valence-corrected chi connectivity index (χ3v) is 1.62. The topological polar surface area (TPSA) is 26.3 Å². The Labute approximate surface area is 90.3 Å². The van der Waals surface area contributed by atoms with Crippen LogP contribution in [0.4, 0.5) is 13.2 Å². The van der Waals surface area contributed by atoms with Gasteiger partial charge in [-0.2, -0.15) is 0 Å². The van der Waals surface area contributed by atoms with Gasteiger partial charge in [-0.15, -0.1) is 13.2 Å². The van der Waals surface area contributed by atoms with Crippen molar-refractivity contribution in [1.29, 1.82) is 0 Å². The van der Waals surface area contributed by atoms with E-state index in [9.17, 15) is 18.0 Å². The predicted octanol–water partition coefficient (Wildman–Crippen LogP) is 3.15. The highest BCUT2D eigenvalue weighted by molar-refractivity contribution is 5.93. The lowest BCUT2D eigenvalue weighted by molar-refractivity contribution is -0.290. The zero-order valence-electron chi connectivity index (χ0n) is 8.41. The van der Waals surface area contributed by atoms with Crippen molar-refractivity contribution in [2.24, 2.45) is 0 Å². The second-order valence-electron chi connectivity index (χ2n) is 3.03. The number of allylic oxidation sites excluding steroid dienone is 1. The van der Waals surface area contributed by atoms with Crippen LogP contribution in [0.2, 0.25) is 0 Å². The van der Waals surface area contributed by atoms with Crippen LogP contribution in [0.1, 0.15) is 12.5 Å². The Kier molecular flexibility index (Phi) is 3.71. The van der Waals surface area contributed by atoms with Gasteiger partial charge in [-0.3, -0.25) is 4.79 Å². The quantitative estimate of drug-likeness (QED) is 0.589. The molecule has 1 rings (SSSR count). The number of carbonyl (C=O) groups is 1. The second-order valence-corrected chi connectivity index (χ2v) is 3.03. The van der Waals surface area contributed by atoms with Crippen LogP contribution in [-0.2, 0) is 9.53 Å². The highest BCUT2D eigenvalue weighted by Crippen LogP contribution is 2.26. The van der Waals surface area contributed by atoms with Crippen molar-refractivity contribution >= 4 is 11.5 Å². The summed E-state index contributed by atoms with van der Waals surface area (Å²) in [5.74, 6) is -1.01. The number of rotatable bonds is 3. The molecule has 0 N–H and O–H groups in total. The van der Waals surface area contributed by atoms with Crippen molar-refractivity contribution in [2.45, 2.75) is 13.3 Å². The number of benzene rings is 1. The molecule has 0 aliphatic rings. The van der Waals surface area contributed by atoms with Crippen molar-refractivity contribution in [3.8, 4) is 0 Å². The Bertz CT molecular complexity index is 393. The fourth-order valence-corrected chi connectivity index (χ4v) is 1.08. The molecule has 0 amide bonds. The third kappa shape index (κ3) is 4.16. The summed E-state index contributed by atoms with van der Waals surface area (Å²) in [7, 11) is 0. The van der Waals surface area contributed by atoms with Gasteiger partial charge in [0.05, 0.1) is 0 Å². The number of halogens is 3. The van der Waals surface area contributed by atoms with Gasteiger partial charge in [-0.05, 0) is 6.92 Å². The van der Waals surface area contributed by atoms with Crippen molar-refractivity contribution < 1.29 is 22.7 Å². The lowest BCUT2D eigenvalue weighted by atomic mass is 10.1. The molecule has 0 heterocycles. The van der Waals surface area contributed by atoms with E-state index in [1.54, 1.807) is 18.2 Å². The molecule has 2 nitrogen and oxygen atoms in total. The second kappa shape index (κ2) is 4.83. The molecule has 16 heavy (non-hydrogen) atoms. The Morgan fingerprint density at radius 3 is 2.25 bits per heavy atom. The van der Waals surface area contributed by atoms with E-state index in [1.165, 1.54) is 12.1 Å². The lowest BCUT2D eigenvalue weighted by Crippen LogP contribution is -2.13. The van der Waals surface area contributed by atoms with Crippen LogP contribution < -0.4 is 0 Å². The molecule has 0 atom stereocenters. The molecule has 0 spiro atoms. The SMILES string of the molecule is CC(=O)C=C(OC(F)(F)F)c1ccccc1. The molecule has 86 valence electrons. The van der Waals surface area contributed by atoms with Crippen molar-refractivity contribution in [3.05, 3.63) is 42.0 Å². The van der Waals surface area contributed by atoms with Crippen LogP contribution in [-0.4, -0.2) is 12.1 Å². The first kappa shape index (κ1) is 12.3. The summed E-state index contributed by atoms with van der Waals surface area (Å²) in [5, 5.41) is 0. The predicted molar refractivity (Wildman–Crippen MR) is 52.2 cm³/mol. The molecule has 0 fully saturated rings. The summed E-state index contributed by atoms with van der Waals surface area (Å²) < 4.78 is 40.0. The van der Waals surface area contributed by atoms with E-state index in [4.69, 9.17) is 0 Å². The highest BCUT2D eigenvalue weighted by Gasteiger charge is 2.32. The summed E-state index contributed by atoms with van der Waals surface area (Å²) in [4.78, 5) is 10.8. The Hall–Kier alpha value is -1.78. The number of hydrogen-bond acceptors (Lipinski definition) is 2. The average Bonchev–Trinajstić information content (AvgIpc) is 2.15. The average molecular weight is 230 g/mol. The van der Waals surface area contributed by atoms with Gasteiger partial charge >= 0.3 is 6.36 Å². The molecule has 1 aromatic rings. The third-order valence-electron chi connectivity index (χ3n) is 1.62. The van der Waals surface area contributed by atoms with Crippen molar-refractivity contribution in [2.75, 3.05) is 0 Å². The fraction of sp³-hybridized carbons (Fsp3) is 0.182. The van der Waals surface area contributed by atoms with E-state index < -0.39 is 17.9 Å². The molecule has 0 saturated carbocycles. The number of ketones is 1. The van der Waals surface area contributed by atoms with Gasteiger partial charge in [0, 0.05) is 11.6 Å². The normalized spacial score (nSPS) is 12.4. The molecule has 0 aliphatic carbocycles. The largest absolute Gasteiger partial charge is 0.573 e. The summed E-state index contributed by atoms with van der Waals surface area (Å²) in [5.41, 5.74) is 0.204. The van der Waals surface area contributed by atoms with Gasteiger partial charge < -0.3 is 4.74 Å². The van der Waals surface area contributed by atoms with E-state index in [0.29, 0.717) is 0 Å². The number of carbonyl (C=O) groups excluding carboxylic acids is 1. The maximum Gasteiger partial charge on any atom is 0.573 e. The minimum absolute atomic E-state index is 0.204. The summed E-state index contributed by atoms with van der Waals surface area (Å²) in [6, 6.07) is 7.63. The van der Waals surface area contributed by atoms with Gasteiger partial charge in [-0.1, -0.05) is 30.3 Å². The molecule has 0 unspecified atom stereocenters. The molecule has 0 radical (unpaired) electrons. The van der Waals surface area contributed by atoms with Crippen LogP contribution in [0.5, 0.6) is 0 Å². The Balaban J connectivity index is 3.03. The van der Waals surface area contributed by atoms with Crippen molar-refractivity contribution in [1.82, 2.24) is 0 Å². The van der Waals surface area contributed by atoms with E-state index in [0.717, 1.165) is 13.0 Å². The summed E-state index contributed by atoms with van der Waals surface area (Å²) in [6.07, 6.45) is -4.00. The Morgan fingerprint density at radius 1 is 1.25 bits per heavy atom. The van der Waals surface area contributed by atoms with Crippen molar-refractivity contribution in [3.63, 3.8) is 0 Å². The minimum Gasteiger partial charge on any atom is -0.405 e. The standard InChI is InChI=1S/C11H9F3O2/c1-8(15)7-10(16-11(12,13)14)9-5-3-2-4-6-9/h2-7H,1H3. The van der Waals surface area contributed by atoms with Gasteiger partial charge in [0.1, 0.15) is 5.76 Å². The molecule has 0 aromatic heterocycles. The summed E-state index contributed by atoms with van der Waals surface area (Å²) >= 11 is 0. The smallest absolute Gasteiger partial charge is 0.405 e. The van der Waals surface area contributed by atoms with Gasteiger partial charge in [0.2, 0.25) is 0 Å². The Morgan fingerprint density at radius 2 is 1.81 bits per heavy atom. The molecule has 0 bridgehead atoms. The molecule has 5 heteroatoms. The zero-order valence-corrected chi connectivity index (χ0v) is 8.41. The van der Waals surface area contributed by atoms with E-state index in [2.05, 4.69) is 4.74 Å². The number of ether oxygens (including phenoxy) is 1. The maximum absolute atomic E-state index is 12.1. The highest BCUT2D eigenvalue weighted by atomic mass is 19.4. The van der Waals surface area contributed by atoms with Crippen LogP contribution >= 0.6 is 0 Å². The van der Waals surface area contributed by atoms with Gasteiger partial charge in [0.15, 0.2) is 5.78 Å². The van der Waals surface area contributed by atoms with E-state index in [1.807, 2.05) is 0 Å². The molecular formula is C11H9F3O2.